The van der Waals surface area contributed by atoms with E-state index in [1.54, 1.807) is 19.1 Å². The van der Waals surface area contributed by atoms with Gasteiger partial charge in [0, 0.05) is 39.8 Å². The highest BCUT2D eigenvalue weighted by molar-refractivity contribution is 5.79. The highest BCUT2D eigenvalue weighted by Crippen LogP contribution is 2.27. The van der Waals surface area contributed by atoms with Crippen LogP contribution in [0.5, 0.6) is 0 Å². The van der Waals surface area contributed by atoms with Crippen molar-refractivity contribution in [3.05, 3.63) is 0 Å². The van der Waals surface area contributed by atoms with Crippen LogP contribution in [-0.4, -0.2) is 69.0 Å². The van der Waals surface area contributed by atoms with Crippen molar-refractivity contribution in [2.45, 2.75) is 45.3 Å². The monoisotopic (exact) mass is 314 g/mol. The molecule has 0 aromatic rings. The number of ether oxygens (including phenoxy) is 2. The lowest BCUT2D eigenvalue weighted by Gasteiger charge is -2.27. The molecular weight excluding hydrogens is 284 g/mol. The van der Waals surface area contributed by atoms with Gasteiger partial charge in [0.1, 0.15) is 5.60 Å². The summed E-state index contributed by atoms with van der Waals surface area (Å²) in [7, 11) is 3.38. The van der Waals surface area contributed by atoms with Crippen LogP contribution < -0.4 is 10.6 Å². The molecule has 1 rings (SSSR count). The molecule has 0 unspecified atom stereocenters. The molecule has 2 N–H and O–H groups in total. The Morgan fingerprint density at radius 2 is 1.91 bits per heavy atom. The molecule has 0 aromatic heterocycles. The van der Waals surface area contributed by atoms with Gasteiger partial charge < -0.3 is 25.0 Å². The summed E-state index contributed by atoms with van der Waals surface area (Å²) in [6.07, 6.45) is 1.87. The van der Waals surface area contributed by atoms with Crippen molar-refractivity contribution in [1.29, 1.82) is 0 Å². The van der Waals surface area contributed by atoms with Crippen LogP contribution in [0.15, 0.2) is 4.99 Å². The topological polar surface area (TPSA) is 75.2 Å². The number of nitrogens with zero attached hydrogens (tertiary/aromatic N) is 2. The predicted octanol–water partition coefficient (Wildman–Crippen LogP) is 1.20. The van der Waals surface area contributed by atoms with Crippen LogP contribution in [0, 0.1) is 0 Å². The standard InChI is InChI=1S/C15H30N4O3/c1-15(2,3)22-14(20)19(12-6-7-12)10-8-17-13(16-4)18-9-11-21-5/h12H,6-11H2,1-5H3,(H2,16,17,18). The number of aliphatic imine (C=N–C) groups is 1. The van der Waals surface area contributed by atoms with Gasteiger partial charge in [0.2, 0.25) is 0 Å². The number of amides is 1. The summed E-state index contributed by atoms with van der Waals surface area (Å²) >= 11 is 0. The summed E-state index contributed by atoms with van der Waals surface area (Å²) < 4.78 is 10.4. The van der Waals surface area contributed by atoms with Crippen molar-refractivity contribution >= 4 is 12.1 Å². The van der Waals surface area contributed by atoms with E-state index in [4.69, 9.17) is 9.47 Å². The molecule has 0 saturated heterocycles. The molecule has 0 aromatic carbocycles. The Labute approximate surface area is 133 Å². The van der Waals surface area contributed by atoms with E-state index in [-0.39, 0.29) is 6.09 Å². The van der Waals surface area contributed by atoms with Gasteiger partial charge in [-0.25, -0.2) is 4.79 Å². The molecule has 1 amide bonds. The van der Waals surface area contributed by atoms with Gasteiger partial charge >= 0.3 is 6.09 Å². The maximum absolute atomic E-state index is 12.2. The van der Waals surface area contributed by atoms with Crippen molar-refractivity contribution in [3.8, 4) is 0 Å². The molecule has 0 bridgehead atoms. The molecule has 7 nitrogen and oxygen atoms in total. The van der Waals surface area contributed by atoms with Crippen LogP contribution in [0.2, 0.25) is 0 Å². The second-order valence-electron chi connectivity index (χ2n) is 6.32. The molecule has 0 radical (unpaired) electrons. The van der Waals surface area contributed by atoms with Gasteiger partial charge in [0.05, 0.1) is 6.61 Å². The first-order valence-corrected chi connectivity index (χ1v) is 7.80. The molecule has 1 aliphatic carbocycles. The van der Waals surface area contributed by atoms with Crippen LogP contribution in [0.1, 0.15) is 33.6 Å². The maximum atomic E-state index is 12.2. The minimum atomic E-state index is -0.463. The van der Waals surface area contributed by atoms with Gasteiger partial charge in [-0.3, -0.25) is 4.99 Å². The first-order valence-electron chi connectivity index (χ1n) is 7.80. The molecule has 22 heavy (non-hydrogen) atoms. The zero-order valence-electron chi connectivity index (χ0n) is 14.4. The van der Waals surface area contributed by atoms with Crippen molar-refractivity contribution in [3.63, 3.8) is 0 Å². The molecule has 0 atom stereocenters. The van der Waals surface area contributed by atoms with E-state index in [0.29, 0.717) is 38.2 Å². The highest BCUT2D eigenvalue weighted by Gasteiger charge is 2.34. The van der Waals surface area contributed by atoms with E-state index in [1.165, 1.54) is 0 Å². The number of methoxy groups -OCH3 is 1. The van der Waals surface area contributed by atoms with Crippen molar-refractivity contribution < 1.29 is 14.3 Å². The van der Waals surface area contributed by atoms with Crippen molar-refractivity contribution in [2.75, 3.05) is 40.4 Å². The lowest BCUT2D eigenvalue weighted by atomic mass is 10.2. The number of carbonyl (C=O) groups excluding carboxylic acids is 1. The fraction of sp³-hybridized carbons (Fsp3) is 0.867. The Balaban J connectivity index is 2.37. The number of hydrogen-bond acceptors (Lipinski definition) is 4. The molecule has 1 saturated carbocycles. The summed E-state index contributed by atoms with van der Waals surface area (Å²) in [5, 5.41) is 6.33. The second-order valence-corrected chi connectivity index (χ2v) is 6.32. The van der Waals surface area contributed by atoms with Gasteiger partial charge in [-0.05, 0) is 33.6 Å². The summed E-state index contributed by atoms with van der Waals surface area (Å²) in [6, 6.07) is 0.320. The normalized spacial score (nSPS) is 15.4. The fourth-order valence-electron chi connectivity index (χ4n) is 1.92. The minimum absolute atomic E-state index is 0.237. The van der Waals surface area contributed by atoms with Crippen molar-refractivity contribution in [1.82, 2.24) is 15.5 Å². The summed E-state index contributed by atoms with van der Waals surface area (Å²) in [5.74, 6) is 0.706. The maximum Gasteiger partial charge on any atom is 0.410 e. The Morgan fingerprint density at radius 1 is 1.27 bits per heavy atom. The average Bonchev–Trinajstić information content (AvgIpc) is 3.24. The van der Waals surface area contributed by atoms with Gasteiger partial charge in [0.25, 0.3) is 0 Å². The Bertz CT molecular complexity index is 375. The van der Waals surface area contributed by atoms with E-state index < -0.39 is 5.60 Å². The van der Waals surface area contributed by atoms with Crippen LogP contribution in [0.3, 0.4) is 0 Å². The van der Waals surface area contributed by atoms with Gasteiger partial charge in [-0.15, -0.1) is 0 Å². The first kappa shape index (κ1) is 18.5. The SMILES string of the molecule is CN=C(NCCOC)NCCN(C(=O)OC(C)(C)C)C1CC1. The van der Waals surface area contributed by atoms with Gasteiger partial charge in [-0.1, -0.05) is 0 Å². The first-order chi connectivity index (χ1) is 10.4. The van der Waals surface area contributed by atoms with E-state index in [2.05, 4.69) is 15.6 Å². The number of nitrogens with one attached hydrogen (secondary N) is 2. The lowest BCUT2D eigenvalue weighted by molar-refractivity contribution is 0.0238. The third kappa shape index (κ3) is 7.49. The van der Waals surface area contributed by atoms with E-state index in [0.717, 1.165) is 12.8 Å². The van der Waals surface area contributed by atoms with E-state index in [1.807, 2.05) is 20.8 Å². The van der Waals surface area contributed by atoms with Gasteiger partial charge in [-0.2, -0.15) is 0 Å². The minimum Gasteiger partial charge on any atom is -0.444 e. The fourth-order valence-corrected chi connectivity index (χ4v) is 1.92. The Kier molecular flexibility index (Phi) is 7.44. The third-order valence-corrected chi connectivity index (χ3v) is 3.08. The number of hydrogen-bond donors (Lipinski definition) is 2. The molecule has 7 heteroatoms. The van der Waals surface area contributed by atoms with E-state index in [9.17, 15) is 4.79 Å². The van der Waals surface area contributed by atoms with Crippen LogP contribution in [0.4, 0.5) is 4.79 Å². The van der Waals surface area contributed by atoms with Crippen LogP contribution in [-0.2, 0) is 9.47 Å². The second kappa shape index (κ2) is 8.82. The zero-order valence-corrected chi connectivity index (χ0v) is 14.4. The highest BCUT2D eigenvalue weighted by atomic mass is 16.6. The molecule has 1 aliphatic rings. The van der Waals surface area contributed by atoms with Gasteiger partial charge in [0.15, 0.2) is 5.96 Å². The molecule has 0 aliphatic heterocycles. The largest absolute Gasteiger partial charge is 0.444 e. The summed E-state index contributed by atoms with van der Waals surface area (Å²) in [6.45, 7) is 8.19. The number of guanidine groups is 1. The average molecular weight is 314 g/mol. The van der Waals surface area contributed by atoms with Crippen LogP contribution in [0.25, 0.3) is 0 Å². The Morgan fingerprint density at radius 3 is 2.41 bits per heavy atom. The molecule has 128 valence electrons. The zero-order chi connectivity index (χ0) is 16.6. The van der Waals surface area contributed by atoms with Crippen molar-refractivity contribution in [2.24, 2.45) is 4.99 Å². The lowest BCUT2D eigenvalue weighted by Crippen LogP contribution is -2.45. The predicted molar refractivity (Wildman–Crippen MR) is 87.2 cm³/mol. The third-order valence-electron chi connectivity index (χ3n) is 3.08. The summed E-state index contributed by atoms with van der Waals surface area (Å²) in [5.41, 5.74) is -0.463. The number of rotatable bonds is 7. The molecule has 0 spiro atoms. The van der Waals surface area contributed by atoms with E-state index >= 15 is 0 Å². The molecular formula is C15H30N4O3. The Hall–Kier alpha value is -1.50. The molecule has 1 fully saturated rings. The quantitative estimate of drug-likeness (QED) is 0.419. The molecule has 0 heterocycles. The van der Waals surface area contributed by atoms with Crippen LogP contribution >= 0.6 is 0 Å². The smallest absolute Gasteiger partial charge is 0.410 e. The summed E-state index contributed by atoms with van der Waals surface area (Å²) in [4.78, 5) is 18.1. The number of carbonyl (C=O) groups is 1.